The Morgan fingerprint density at radius 3 is 2.56 bits per heavy atom. The van der Waals surface area contributed by atoms with Crippen molar-refractivity contribution >= 4 is 6.09 Å². The largest absolute Gasteiger partial charge is 0.445 e. The Morgan fingerprint density at radius 2 is 1.92 bits per heavy atom. The van der Waals surface area contributed by atoms with Gasteiger partial charge >= 0.3 is 6.09 Å². The molecular formula is C18H25NO6. The van der Waals surface area contributed by atoms with E-state index in [0.29, 0.717) is 0 Å². The molecule has 2 N–H and O–H groups in total. The smallest absolute Gasteiger partial charge is 0.410 e. The van der Waals surface area contributed by atoms with Gasteiger partial charge in [0, 0.05) is 0 Å². The van der Waals surface area contributed by atoms with Crippen LogP contribution in [0.3, 0.4) is 0 Å². The van der Waals surface area contributed by atoms with Crippen LogP contribution in [0.4, 0.5) is 4.79 Å². The highest BCUT2D eigenvalue weighted by molar-refractivity contribution is 5.69. The van der Waals surface area contributed by atoms with Crippen LogP contribution in [-0.2, 0) is 20.8 Å². The normalized spacial score (nSPS) is 31.6. The fourth-order valence-electron chi connectivity index (χ4n) is 3.64. The highest BCUT2D eigenvalue weighted by Crippen LogP contribution is 2.41. The van der Waals surface area contributed by atoms with E-state index < -0.39 is 36.7 Å². The average Bonchev–Trinajstić information content (AvgIpc) is 3.04. The van der Waals surface area contributed by atoms with E-state index in [4.69, 9.17) is 14.2 Å². The van der Waals surface area contributed by atoms with Crippen molar-refractivity contribution in [1.82, 2.24) is 4.90 Å². The standard InChI is InChI=1S/C18H25NO6/c1-11-15-16(25-18(2,3)24-15)14(13(21)9-20)19(11)17(22)23-10-12-7-5-4-6-8-12/h4-8,11,13-16,20-21H,9-10H2,1-3H3/t11-,13?,14+,15-,16+/m1/s1. The molecule has 2 aliphatic rings. The molecule has 7 nitrogen and oxygen atoms in total. The maximum atomic E-state index is 12.7. The highest BCUT2D eigenvalue weighted by atomic mass is 16.8. The van der Waals surface area contributed by atoms with Crippen molar-refractivity contribution in [2.24, 2.45) is 0 Å². The molecule has 0 saturated carbocycles. The van der Waals surface area contributed by atoms with Gasteiger partial charge in [-0.2, -0.15) is 0 Å². The number of aliphatic hydroxyl groups is 2. The summed E-state index contributed by atoms with van der Waals surface area (Å²) in [6.45, 7) is 5.06. The van der Waals surface area contributed by atoms with Crippen LogP contribution in [0.25, 0.3) is 0 Å². The Morgan fingerprint density at radius 1 is 1.28 bits per heavy atom. The molecule has 2 aliphatic heterocycles. The van der Waals surface area contributed by atoms with E-state index in [1.165, 1.54) is 4.90 Å². The van der Waals surface area contributed by atoms with Gasteiger partial charge in [0.15, 0.2) is 5.79 Å². The molecule has 5 atom stereocenters. The summed E-state index contributed by atoms with van der Waals surface area (Å²) in [5, 5.41) is 19.7. The van der Waals surface area contributed by atoms with E-state index in [9.17, 15) is 15.0 Å². The predicted molar refractivity (Wildman–Crippen MR) is 88.6 cm³/mol. The first-order valence-electron chi connectivity index (χ1n) is 8.47. The highest BCUT2D eigenvalue weighted by Gasteiger charge is 2.59. The van der Waals surface area contributed by atoms with Gasteiger partial charge in [-0.25, -0.2) is 4.79 Å². The van der Waals surface area contributed by atoms with Gasteiger partial charge in [0.1, 0.15) is 24.9 Å². The van der Waals surface area contributed by atoms with Gasteiger partial charge < -0.3 is 24.4 Å². The number of carbonyl (C=O) groups excluding carboxylic acids is 1. The first-order chi connectivity index (χ1) is 11.8. The first kappa shape index (κ1) is 18.1. The minimum Gasteiger partial charge on any atom is -0.445 e. The van der Waals surface area contributed by atoms with Gasteiger partial charge in [0.05, 0.1) is 18.7 Å². The van der Waals surface area contributed by atoms with E-state index >= 15 is 0 Å². The number of hydrogen-bond acceptors (Lipinski definition) is 6. The average molecular weight is 351 g/mol. The van der Waals surface area contributed by atoms with Crippen LogP contribution >= 0.6 is 0 Å². The maximum Gasteiger partial charge on any atom is 0.410 e. The molecule has 3 rings (SSSR count). The zero-order chi connectivity index (χ0) is 18.2. The van der Waals surface area contributed by atoms with Crippen molar-refractivity contribution in [3.8, 4) is 0 Å². The minimum atomic E-state index is -1.14. The summed E-state index contributed by atoms with van der Waals surface area (Å²) in [5.41, 5.74) is 0.871. The minimum absolute atomic E-state index is 0.132. The number of nitrogens with zero attached hydrogens (tertiary/aromatic N) is 1. The molecule has 0 radical (unpaired) electrons. The molecule has 2 fully saturated rings. The molecule has 2 saturated heterocycles. The molecule has 1 amide bonds. The third-order valence-corrected chi connectivity index (χ3v) is 4.73. The molecule has 0 aliphatic carbocycles. The Labute approximate surface area is 147 Å². The van der Waals surface area contributed by atoms with Gasteiger partial charge in [-0.05, 0) is 26.3 Å². The molecule has 7 heteroatoms. The monoisotopic (exact) mass is 351 g/mol. The van der Waals surface area contributed by atoms with Crippen molar-refractivity contribution in [3.05, 3.63) is 35.9 Å². The third-order valence-electron chi connectivity index (χ3n) is 4.73. The SMILES string of the molecule is C[C@@H]1[C@H]2OC(C)(C)O[C@H]2[C@H](C(O)CO)N1C(=O)OCc1ccccc1. The summed E-state index contributed by atoms with van der Waals surface area (Å²) >= 11 is 0. The lowest BCUT2D eigenvalue weighted by Crippen LogP contribution is -2.52. The molecule has 0 spiro atoms. The van der Waals surface area contributed by atoms with Crippen LogP contribution < -0.4 is 0 Å². The lowest BCUT2D eigenvalue weighted by atomic mass is 10.0. The van der Waals surface area contributed by atoms with Crippen molar-refractivity contribution < 1.29 is 29.2 Å². The van der Waals surface area contributed by atoms with Crippen LogP contribution in [0.5, 0.6) is 0 Å². The van der Waals surface area contributed by atoms with Gasteiger partial charge in [-0.15, -0.1) is 0 Å². The zero-order valence-electron chi connectivity index (χ0n) is 14.7. The van der Waals surface area contributed by atoms with Crippen molar-refractivity contribution in [3.63, 3.8) is 0 Å². The molecule has 0 aromatic heterocycles. The van der Waals surface area contributed by atoms with E-state index in [1.807, 2.05) is 37.3 Å². The fraction of sp³-hybridized carbons (Fsp3) is 0.611. The predicted octanol–water partition coefficient (Wildman–Crippen LogP) is 1.27. The van der Waals surface area contributed by atoms with Crippen molar-refractivity contribution in [1.29, 1.82) is 0 Å². The van der Waals surface area contributed by atoms with E-state index in [-0.39, 0.29) is 18.8 Å². The second-order valence-electron chi connectivity index (χ2n) is 6.99. The van der Waals surface area contributed by atoms with Crippen LogP contribution in [0.1, 0.15) is 26.3 Å². The molecule has 1 aromatic rings. The second-order valence-corrected chi connectivity index (χ2v) is 6.99. The molecule has 1 unspecified atom stereocenters. The van der Waals surface area contributed by atoms with Crippen LogP contribution in [0, 0.1) is 0 Å². The summed E-state index contributed by atoms with van der Waals surface area (Å²) in [5.74, 6) is -0.795. The Bertz CT molecular complexity index is 607. The first-order valence-corrected chi connectivity index (χ1v) is 8.47. The summed E-state index contributed by atoms with van der Waals surface area (Å²) in [4.78, 5) is 14.1. The summed E-state index contributed by atoms with van der Waals surface area (Å²) in [6.07, 6.45) is -2.60. The van der Waals surface area contributed by atoms with Gasteiger partial charge in [-0.3, -0.25) is 4.90 Å². The number of benzene rings is 1. The lowest BCUT2D eigenvalue weighted by Gasteiger charge is -2.34. The van der Waals surface area contributed by atoms with Gasteiger partial charge in [0.25, 0.3) is 0 Å². The topological polar surface area (TPSA) is 88.5 Å². The molecule has 1 aromatic carbocycles. The summed E-state index contributed by atoms with van der Waals surface area (Å²) in [7, 11) is 0. The van der Waals surface area contributed by atoms with E-state index in [0.717, 1.165) is 5.56 Å². The zero-order valence-corrected chi connectivity index (χ0v) is 14.7. The number of carbonyl (C=O) groups is 1. The van der Waals surface area contributed by atoms with Crippen LogP contribution in [0.2, 0.25) is 0 Å². The molecule has 0 bridgehead atoms. The van der Waals surface area contributed by atoms with Crippen molar-refractivity contribution in [2.45, 2.75) is 63.6 Å². The molecule has 2 heterocycles. The van der Waals surface area contributed by atoms with E-state index in [2.05, 4.69) is 0 Å². The molecular weight excluding hydrogens is 326 g/mol. The molecule has 25 heavy (non-hydrogen) atoms. The number of aliphatic hydroxyl groups excluding tert-OH is 2. The fourth-order valence-corrected chi connectivity index (χ4v) is 3.64. The maximum absolute atomic E-state index is 12.7. The Balaban J connectivity index is 1.75. The molecule has 138 valence electrons. The number of hydrogen-bond donors (Lipinski definition) is 2. The lowest BCUT2D eigenvalue weighted by molar-refractivity contribution is -0.171. The number of ether oxygens (including phenoxy) is 3. The quantitative estimate of drug-likeness (QED) is 0.849. The van der Waals surface area contributed by atoms with Crippen LogP contribution in [0.15, 0.2) is 30.3 Å². The third kappa shape index (κ3) is 3.50. The number of fused-ring (bicyclic) bond motifs is 1. The number of likely N-dealkylation sites (tertiary alicyclic amines) is 1. The number of rotatable bonds is 4. The summed E-state index contributed by atoms with van der Waals surface area (Å²) in [6, 6.07) is 8.28. The van der Waals surface area contributed by atoms with Crippen LogP contribution in [-0.4, -0.2) is 64.0 Å². The van der Waals surface area contributed by atoms with Gasteiger partial charge in [0.2, 0.25) is 0 Å². The van der Waals surface area contributed by atoms with Gasteiger partial charge in [-0.1, -0.05) is 30.3 Å². The summed E-state index contributed by atoms with van der Waals surface area (Å²) < 4.78 is 17.2. The van der Waals surface area contributed by atoms with E-state index in [1.54, 1.807) is 13.8 Å². The van der Waals surface area contributed by atoms with Crippen molar-refractivity contribution in [2.75, 3.05) is 6.61 Å². The number of amides is 1. The second kappa shape index (κ2) is 6.92. The Hall–Kier alpha value is -1.67. The Kier molecular flexibility index (Phi) is 5.02.